The Bertz CT molecular complexity index is 630. The molecule has 2 aromatic rings. The fourth-order valence-electron chi connectivity index (χ4n) is 3.33. The van der Waals surface area contributed by atoms with Crippen molar-refractivity contribution in [1.82, 2.24) is 5.32 Å². The molecule has 1 saturated carbocycles. The van der Waals surface area contributed by atoms with Crippen LogP contribution >= 0.6 is 0 Å². The van der Waals surface area contributed by atoms with Gasteiger partial charge in [0.15, 0.2) is 0 Å². The van der Waals surface area contributed by atoms with Crippen molar-refractivity contribution >= 4 is 0 Å². The van der Waals surface area contributed by atoms with Gasteiger partial charge in [0.05, 0.1) is 12.7 Å². The zero-order valence-electron chi connectivity index (χ0n) is 13.7. The van der Waals surface area contributed by atoms with E-state index < -0.39 is 5.60 Å². The molecule has 122 valence electrons. The second-order valence-corrected chi connectivity index (χ2v) is 6.43. The van der Waals surface area contributed by atoms with Crippen LogP contribution in [0.3, 0.4) is 0 Å². The smallest absolute Gasteiger partial charge is 0.126 e. The van der Waals surface area contributed by atoms with Gasteiger partial charge in [-0.15, -0.1) is 0 Å². The third kappa shape index (κ3) is 3.92. The molecular formula is C20H25NO2. The Labute approximate surface area is 138 Å². The quantitative estimate of drug-likeness (QED) is 0.853. The molecule has 3 rings (SSSR count). The maximum Gasteiger partial charge on any atom is 0.126 e. The molecule has 0 unspecified atom stereocenters. The third-order valence-corrected chi connectivity index (χ3v) is 4.69. The van der Waals surface area contributed by atoms with Crippen molar-refractivity contribution < 1.29 is 9.84 Å². The first kappa shape index (κ1) is 16.0. The Morgan fingerprint density at radius 1 is 1.04 bits per heavy atom. The number of benzene rings is 2. The van der Waals surface area contributed by atoms with E-state index in [1.54, 1.807) is 7.11 Å². The van der Waals surface area contributed by atoms with Crippen LogP contribution in [0.4, 0.5) is 0 Å². The third-order valence-electron chi connectivity index (χ3n) is 4.69. The average Bonchev–Trinajstić information content (AvgIpc) is 3.02. The molecule has 0 aromatic heterocycles. The van der Waals surface area contributed by atoms with E-state index in [1.807, 2.05) is 18.2 Å². The van der Waals surface area contributed by atoms with Crippen LogP contribution in [-0.4, -0.2) is 24.4 Å². The topological polar surface area (TPSA) is 41.5 Å². The fraction of sp³-hybridized carbons (Fsp3) is 0.400. The van der Waals surface area contributed by atoms with Gasteiger partial charge in [0.25, 0.3) is 0 Å². The van der Waals surface area contributed by atoms with Crippen molar-refractivity contribution in [2.45, 2.75) is 37.8 Å². The summed E-state index contributed by atoms with van der Waals surface area (Å²) in [5.41, 5.74) is 3.00. The monoisotopic (exact) mass is 311 g/mol. The number of methoxy groups -OCH3 is 1. The highest BCUT2D eigenvalue weighted by Crippen LogP contribution is 2.30. The Kier molecular flexibility index (Phi) is 4.99. The van der Waals surface area contributed by atoms with Gasteiger partial charge in [-0.05, 0) is 30.0 Å². The minimum Gasteiger partial charge on any atom is -0.496 e. The molecule has 1 aliphatic carbocycles. The highest BCUT2D eigenvalue weighted by atomic mass is 16.5. The van der Waals surface area contributed by atoms with E-state index in [1.165, 1.54) is 5.56 Å². The molecule has 1 fully saturated rings. The molecule has 0 spiro atoms. The molecule has 1 aliphatic rings. The molecule has 23 heavy (non-hydrogen) atoms. The molecule has 0 saturated heterocycles. The summed E-state index contributed by atoms with van der Waals surface area (Å²) in [5, 5.41) is 13.7. The molecule has 0 amide bonds. The number of nitrogens with one attached hydrogen (secondary N) is 1. The number of aliphatic hydroxyl groups is 1. The van der Waals surface area contributed by atoms with Gasteiger partial charge < -0.3 is 15.2 Å². The molecule has 0 atom stereocenters. The predicted octanol–water partition coefficient (Wildman–Crippen LogP) is 3.76. The van der Waals surface area contributed by atoms with Gasteiger partial charge >= 0.3 is 0 Å². The number of ether oxygens (including phenoxy) is 1. The lowest BCUT2D eigenvalue weighted by Gasteiger charge is -2.22. The minimum absolute atomic E-state index is 0.489. The first-order chi connectivity index (χ1) is 11.2. The van der Waals surface area contributed by atoms with E-state index in [9.17, 15) is 5.11 Å². The Morgan fingerprint density at radius 2 is 1.74 bits per heavy atom. The molecule has 2 N–H and O–H groups in total. The average molecular weight is 311 g/mol. The lowest BCUT2D eigenvalue weighted by molar-refractivity contribution is 0.0475. The molecule has 0 bridgehead atoms. The lowest BCUT2D eigenvalue weighted by atomic mass is 10.0. The van der Waals surface area contributed by atoms with Gasteiger partial charge in [0.1, 0.15) is 5.75 Å². The summed E-state index contributed by atoms with van der Waals surface area (Å²) in [6.45, 7) is 1.47. The van der Waals surface area contributed by atoms with Crippen molar-refractivity contribution in [2.75, 3.05) is 13.7 Å². The summed E-state index contributed by atoms with van der Waals surface area (Å²) in [7, 11) is 1.70. The van der Waals surface area contributed by atoms with Crippen LogP contribution in [0.1, 0.15) is 31.2 Å². The van der Waals surface area contributed by atoms with Crippen molar-refractivity contribution in [3.05, 3.63) is 54.1 Å². The van der Waals surface area contributed by atoms with Crippen LogP contribution in [0.25, 0.3) is 11.1 Å². The number of hydrogen-bond donors (Lipinski definition) is 2. The molecule has 2 aromatic carbocycles. The minimum atomic E-state index is -0.489. The molecule has 0 radical (unpaired) electrons. The zero-order chi connectivity index (χ0) is 16.1. The molecule has 0 aliphatic heterocycles. The van der Waals surface area contributed by atoms with Gasteiger partial charge in [0, 0.05) is 18.7 Å². The van der Waals surface area contributed by atoms with Crippen LogP contribution < -0.4 is 10.1 Å². The standard InChI is InChI=1S/C20H25NO2/c1-23-19-7-3-2-6-18(19)17-10-8-16(9-11-17)14-21-15-20(22)12-4-5-13-20/h2-3,6-11,21-22H,4-5,12-15H2,1H3. The molecule has 0 heterocycles. The Morgan fingerprint density at radius 3 is 2.43 bits per heavy atom. The normalized spacial score (nSPS) is 16.4. The van der Waals surface area contributed by atoms with Crippen molar-refractivity contribution in [3.63, 3.8) is 0 Å². The van der Waals surface area contributed by atoms with E-state index in [4.69, 9.17) is 4.74 Å². The largest absolute Gasteiger partial charge is 0.496 e. The fourth-order valence-corrected chi connectivity index (χ4v) is 3.33. The van der Waals surface area contributed by atoms with E-state index >= 15 is 0 Å². The molecular weight excluding hydrogens is 286 g/mol. The van der Waals surface area contributed by atoms with Gasteiger partial charge in [-0.2, -0.15) is 0 Å². The Hall–Kier alpha value is -1.84. The summed E-state index contributed by atoms with van der Waals surface area (Å²) < 4.78 is 5.42. The van der Waals surface area contributed by atoms with Gasteiger partial charge in [-0.25, -0.2) is 0 Å². The van der Waals surface area contributed by atoms with Crippen LogP contribution in [-0.2, 0) is 6.54 Å². The highest BCUT2D eigenvalue weighted by Gasteiger charge is 2.30. The first-order valence-electron chi connectivity index (χ1n) is 8.36. The molecule has 3 heteroatoms. The van der Waals surface area contributed by atoms with E-state index in [0.717, 1.165) is 49.1 Å². The van der Waals surface area contributed by atoms with Crippen LogP contribution in [0.15, 0.2) is 48.5 Å². The van der Waals surface area contributed by atoms with E-state index in [2.05, 4.69) is 35.6 Å². The van der Waals surface area contributed by atoms with Crippen LogP contribution in [0.2, 0.25) is 0 Å². The summed E-state index contributed by atoms with van der Waals surface area (Å²) in [4.78, 5) is 0. The zero-order valence-corrected chi connectivity index (χ0v) is 13.7. The maximum absolute atomic E-state index is 10.3. The summed E-state index contributed by atoms with van der Waals surface area (Å²) in [6.07, 6.45) is 4.14. The predicted molar refractivity (Wildman–Crippen MR) is 93.6 cm³/mol. The lowest BCUT2D eigenvalue weighted by Crippen LogP contribution is -2.37. The van der Waals surface area contributed by atoms with Gasteiger partial charge in [-0.1, -0.05) is 55.3 Å². The van der Waals surface area contributed by atoms with E-state index in [-0.39, 0.29) is 0 Å². The Balaban J connectivity index is 1.61. The van der Waals surface area contributed by atoms with Crippen LogP contribution in [0, 0.1) is 0 Å². The number of hydrogen-bond acceptors (Lipinski definition) is 3. The second kappa shape index (κ2) is 7.16. The summed E-state index contributed by atoms with van der Waals surface area (Å²) >= 11 is 0. The summed E-state index contributed by atoms with van der Waals surface area (Å²) in [6, 6.07) is 16.6. The van der Waals surface area contributed by atoms with Gasteiger partial charge in [0.2, 0.25) is 0 Å². The van der Waals surface area contributed by atoms with Gasteiger partial charge in [-0.3, -0.25) is 0 Å². The second-order valence-electron chi connectivity index (χ2n) is 6.43. The molecule has 3 nitrogen and oxygen atoms in total. The highest BCUT2D eigenvalue weighted by molar-refractivity contribution is 5.70. The SMILES string of the molecule is COc1ccccc1-c1ccc(CNCC2(O)CCCC2)cc1. The summed E-state index contributed by atoms with van der Waals surface area (Å²) in [5.74, 6) is 0.891. The van der Waals surface area contributed by atoms with Crippen molar-refractivity contribution in [2.24, 2.45) is 0 Å². The van der Waals surface area contributed by atoms with Crippen molar-refractivity contribution in [3.8, 4) is 16.9 Å². The van der Waals surface area contributed by atoms with E-state index in [0.29, 0.717) is 6.54 Å². The maximum atomic E-state index is 10.3. The number of rotatable bonds is 6. The number of para-hydroxylation sites is 1. The first-order valence-corrected chi connectivity index (χ1v) is 8.36. The van der Waals surface area contributed by atoms with Crippen molar-refractivity contribution in [1.29, 1.82) is 0 Å². The van der Waals surface area contributed by atoms with Crippen LogP contribution in [0.5, 0.6) is 5.75 Å².